The SMILES string of the molecule is CCOc1ccc(C2=C(Cc3ccccc3)N3C(C(CC4CCCCN4C)NC(=O)c4cc5ccccc5[nH]4)C3N2C)cc1. The molecule has 1 aromatic heterocycles. The van der Waals surface area contributed by atoms with Crippen LogP contribution in [0.1, 0.15) is 54.2 Å². The van der Waals surface area contributed by atoms with Crippen molar-refractivity contribution in [1.29, 1.82) is 0 Å². The molecule has 0 aliphatic carbocycles. The van der Waals surface area contributed by atoms with E-state index in [1.807, 2.05) is 37.3 Å². The van der Waals surface area contributed by atoms with Gasteiger partial charge in [0.2, 0.25) is 0 Å². The van der Waals surface area contributed by atoms with Crippen molar-refractivity contribution >= 4 is 22.5 Å². The minimum absolute atomic E-state index is 0.0135. The molecule has 2 N–H and O–H groups in total. The Morgan fingerprint density at radius 3 is 2.52 bits per heavy atom. The Morgan fingerprint density at radius 1 is 1.00 bits per heavy atom. The fourth-order valence-corrected chi connectivity index (χ4v) is 7.52. The van der Waals surface area contributed by atoms with E-state index in [2.05, 4.69) is 93.7 Å². The van der Waals surface area contributed by atoms with E-state index in [1.165, 1.54) is 41.8 Å². The summed E-state index contributed by atoms with van der Waals surface area (Å²) in [5.41, 5.74) is 6.67. The average Bonchev–Trinajstić information content (AvgIpc) is 3.51. The molecule has 0 spiro atoms. The first kappa shape index (κ1) is 28.5. The molecule has 7 heteroatoms. The molecule has 0 saturated carbocycles. The number of allylic oxidation sites excluding steroid dienone is 1. The summed E-state index contributed by atoms with van der Waals surface area (Å²) in [6.45, 7) is 3.78. The van der Waals surface area contributed by atoms with E-state index < -0.39 is 0 Å². The number of piperidine rings is 1. The van der Waals surface area contributed by atoms with Gasteiger partial charge >= 0.3 is 0 Å². The molecule has 3 aromatic carbocycles. The highest BCUT2D eigenvalue weighted by Gasteiger charge is 2.61. The number of carbonyl (C=O) groups is 1. The number of hydrogen-bond donors (Lipinski definition) is 2. The molecular weight excluding hydrogens is 546 g/mol. The summed E-state index contributed by atoms with van der Waals surface area (Å²) >= 11 is 0. The summed E-state index contributed by atoms with van der Waals surface area (Å²) in [7, 11) is 4.45. The predicted molar refractivity (Wildman–Crippen MR) is 176 cm³/mol. The summed E-state index contributed by atoms with van der Waals surface area (Å²) in [4.78, 5) is 24.7. The lowest BCUT2D eigenvalue weighted by molar-refractivity contribution is 0.0907. The monoisotopic (exact) mass is 589 g/mol. The number of likely N-dealkylation sites (tertiary alicyclic amines) is 1. The number of nitrogens with zero attached hydrogens (tertiary/aromatic N) is 3. The maximum Gasteiger partial charge on any atom is 0.268 e. The van der Waals surface area contributed by atoms with Gasteiger partial charge in [0.05, 0.1) is 24.4 Å². The second-order valence-corrected chi connectivity index (χ2v) is 12.6. The molecule has 1 amide bonds. The van der Waals surface area contributed by atoms with Crippen LogP contribution in [0.4, 0.5) is 0 Å². The third-order valence-corrected chi connectivity index (χ3v) is 9.76. The number of aromatic nitrogens is 1. The number of nitrogens with one attached hydrogen (secondary N) is 2. The molecule has 44 heavy (non-hydrogen) atoms. The molecule has 4 unspecified atom stereocenters. The number of rotatable bonds is 10. The molecule has 7 nitrogen and oxygen atoms in total. The van der Waals surface area contributed by atoms with Gasteiger partial charge in [0.25, 0.3) is 5.91 Å². The minimum Gasteiger partial charge on any atom is -0.494 e. The fourth-order valence-electron chi connectivity index (χ4n) is 7.52. The number of H-pyrrole nitrogens is 1. The van der Waals surface area contributed by atoms with Gasteiger partial charge in [0.1, 0.15) is 17.6 Å². The van der Waals surface area contributed by atoms with Gasteiger partial charge in [-0.25, -0.2) is 0 Å². The summed E-state index contributed by atoms with van der Waals surface area (Å²) in [5.74, 6) is 0.862. The summed E-state index contributed by atoms with van der Waals surface area (Å²) in [5, 5.41) is 4.59. The normalized spacial score (nSPS) is 22.3. The van der Waals surface area contributed by atoms with Gasteiger partial charge in [-0.2, -0.15) is 0 Å². The van der Waals surface area contributed by atoms with Crippen molar-refractivity contribution in [1.82, 2.24) is 25.0 Å². The van der Waals surface area contributed by atoms with Crippen LogP contribution < -0.4 is 10.1 Å². The lowest BCUT2D eigenvalue weighted by Gasteiger charge is -2.35. The van der Waals surface area contributed by atoms with Crippen LogP contribution in [-0.2, 0) is 6.42 Å². The number of ether oxygens (including phenoxy) is 1. The van der Waals surface area contributed by atoms with E-state index in [1.54, 1.807) is 0 Å². The third kappa shape index (κ3) is 5.45. The van der Waals surface area contributed by atoms with Crippen LogP contribution in [0.15, 0.2) is 90.6 Å². The van der Waals surface area contributed by atoms with E-state index in [4.69, 9.17) is 4.74 Å². The van der Waals surface area contributed by atoms with Crippen LogP contribution >= 0.6 is 0 Å². The zero-order valence-corrected chi connectivity index (χ0v) is 26.0. The number of hydrogen-bond acceptors (Lipinski definition) is 5. The molecule has 4 heterocycles. The molecule has 0 bridgehead atoms. The summed E-state index contributed by atoms with van der Waals surface area (Å²) < 4.78 is 5.74. The number of aromatic amines is 1. The van der Waals surface area contributed by atoms with Crippen LogP contribution in [0.25, 0.3) is 16.6 Å². The molecule has 4 atom stereocenters. The predicted octanol–water partition coefficient (Wildman–Crippen LogP) is 6.11. The number of carbonyl (C=O) groups excluding carboxylic acids is 1. The second-order valence-electron chi connectivity index (χ2n) is 12.6. The zero-order valence-electron chi connectivity index (χ0n) is 26.0. The van der Waals surface area contributed by atoms with Gasteiger partial charge < -0.3 is 29.7 Å². The first-order chi connectivity index (χ1) is 21.5. The molecule has 3 aliphatic rings. The first-order valence-electron chi connectivity index (χ1n) is 16.1. The van der Waals surface area contributed by atoms with Crippen molar-refractivity contribution in [2.24, 2.45) is 0 Å². The van der Waals surface area contributed by atoms with E-state index in [0.29, 0.717) is 18.3 Å². The Kier molecular flexibility index (Phi) is 7.81. The van der Waals surface area contributed by atoms with Crippen molar-refractivity contribution in [3.8, 4) is 5.75 Å². The maximum atomic E-state index is 13.8. The first-order valence-corrected chi connectivity index (χ1v) is 16.1. The number of fused-ring (bicyclic) bond motifs is 2. The van der Waals surface area contributed by atoms with Crippen LogP contribution in [0.5, 0.6) is 5.75 Å². The molecule has 3 aliphatic heterocycles. The third-order valence-electron chi connectivity index (χ3n) is 9.76. The average molecular weight is 590 g/mol. The van der Waals surface area contributed by atoms with E-state index in [0.717, 1.165) is 36.0 Å². The standard InChI is InChI=1S/C37H43N5O2/c1-4-44-29-19-17-26(18-20-29)34-33(22-25-12-6-5-7-13-25)42-35(37(42)41(34)3)31(24-28-15-10-11-21-40(28)2)39-36(43)32-23-27-14-8-9-16-30(27)38-32/h5-9,12-14,16-20,23,28,31,35,37-38H,4,10-11,15,21-22,24H2,1-3H3,(H,39,43). The van der Waals surface area contributed by atoms with Gasteiger partial charge in [-0.05, 0) is 87.3 Å². The summed E-state index contributed by atoms with van der Waals surface area (Å²) in [6.07, 6.45) is 5.65. The molecule has 228 valence electrons. The topological polar surface area (TPSA) is 63.6 Å². The van der Waals surface area contributed by atoms with Gasteiger partial charge in [-0.3, -0.25) is 4.79 Å². The van der Waals surface area contributed by atoms with E-state index in [-0.39, 0.29) is 24.2 Å². The van der Waals surface area contributed by atoms with Crippen LogP contribution in [0.2, 0.25) is 0 Å². The Bertz CT molecular complexity index is 1610. The summed E-state index contributed by atoms with van der Waals surface area (Å²) in [6, 6.07) is 29.9. The van der Waals surface area contributed by atoms with Crippen molar-refractivity contribution in [2.75, 3.05) is 27.2 Å². The van der Waals surface area contributed by atoms with Crippen LogP contribution in [0.3, 0.4) is 0 Å². The van der Waals surface area contributed by atoms with Crippen molar-refractivity contribution < 1.29 is 9.53 Å². The smallest absolute Gasteiger partial charge is 0.268 e. The molecular formula is C37H43N5O2. The highest BCUT2D eigenvalue weighted by molar-refractivity contribution is 5.98. The number of benzene rings is 3. The van der Waals surface area contributed by atoms with Crippen molar-refractivity contribution in [2.45, 2.75) is 63.3 Å². The molecule has 7 rings (SSSR count). The lowest BCUT2D eigenvalue weighted by atomic mass is 9.93. The Balaban J connectivity index is 1.21. The zero-order chi connectivity index (χ0) is 30.2. The molecule has 4 aromatic rings. The molecule has 0 radical (unpaired) electrons. The van der Waals surface area contributed by atoms with Gasteiger partial charge in [-0.15, -0.1) is 0 Å². The molecule has 2 saturated heterocycles. The second kappa shape index (κ2) is 12.0. The van der Waals surface area contributed by atoms with Crippen LogP contribution in [0, 0.1) is 0 Å². The fraction of sp³-hybridized carbons (Fsp3) is 0.378. The Hall–Kier alpha value is -4.23. The van der Waals surface area contributed by atoms with Gasteiger partial charge in [0.15, 0.2) is 0 Å². The number of para-hydroxylation sites is 1. The van der Waals surface area contributed by atoms with Crippen molar-refractivity contribution in [3.63, 3.8) is 0 Å². The molecule has 2 fully saturated rings. The lowest BCUT2D eigenvalue weighted by Crippen LogP contribution is -2.48. The quantitative estimate of drug-likeness (QED) is 0.219. The largest absolute Gasteiger partial charge is 0.494 e. The minimum atomic E-state index is -0.0289. The maximum absolute atomic E-state index is 13.8. The van der Waals surface area contributed by atoms with E-state index >= 15 is 0 Å². The number of likely N-dealkylation sites (N-methyl/N-ethyl adjacent to an activating group) is 1. The van der Waals surface area contributed by atoms with Crippen molar-refractivity contribution in [3.05, 3.63) is 107 Å². The Morgan fingerprint density at radius 2 is 1.77 bits per heavy atom. The Labute approximate surface area is 260 Å². The highest BCUT2D eigenvalue weighted by atomic mass is 16.5. The number of amides is 1. The van der Waals surface area contributed by atoms with Gasteiger partial charge in [-0.1, -0.05) is 55.0 Å². The van der Waals surface area contributed by atoms with Crippen LogP contribution in [-0.4, -0.2) is 77.1 Å². The van der Waals surface area contributed by atoms with Gasteiger partial charge in [0, 0.05) is 36.1 Å². The highest BCUT2D eigenvalue weighted by Crippen LogP contribution is 2.51. The van der Waals surface area contributed by atoms with E-state index in [9.17, 15) is 4.79 Å².